The van der Waals surface area contributed by atoms with Gasteiger partial charge in [-0.3, -0.25) is 35.0 Å². The van der Waals surface area contributed by atoms with Crippen LogP contribution in [0.25, 0.3) is 0 Å². The van der Waals surface area contributed by atoms with Gasteiger partial charge in [0.05, 0.1) is 29.7 Å². The summed E-state index contributed by atoms with van der Waals surface area (Å²) in [4.78, 5) is 58.0. The molecule has 0 unspecified atom stereocenters. The lowest BCUT2D eigenvalue weighted by Crippen LogP contribution is -2.42. The van der Waals surface area contributed by atoms with Gasteiger partial charge in [-0.2, -0.15) is 10.5 Å². The number of rotatable bonds is 7. The maximum absolute atomic E-state index is 13.2. The number of anilines is 1. The minimum Gasteiger partial charge on any atom is -0.398 e. The minimum atomic E-state index is -0.434. The molecule has 4 N–H and O–H groups in total. The van der Waals surface area contributed by atoms with Gasteiger partial charge < -0.3 is 15.5 Å². The highest BCUT2D eigenvalue weighted by atomic mass is 16.2. The number of aromatic nitrogens is 1. The van der Waals surface area contributed by atoms with Crippen molar-refractivity contribution in [1.82, 2.24) is 25.6 Å². The monoisotopic (exact) mass is 800 g/mol. The number of benzene rings is 4. The first-order valence-electron chi connectivity index (χ1n) is 20.1. The zero-order valence-electron chi connectivity index (χ0n) is 33.9. The maximum Gasteiger partial charge on any atom is 0.269 e. The van der Waals surface area contributed by atoms with Crippen molar-refractivity contribution in [2.24, 2.45) is 0 Å². The van der Waals surface area contributed by atoms with Crippen LogP contribution < -0.4 is 16.6 Å². The topological polar surface area (TPSA) is 185 Å². The van der Waals surface area contributed by atoms with Crippen molar-refractivity contribution in [3.63, 3.8) is 0 Å². The molecule has 1 aromatic heterocycles. The molecule has 2 aliphatic rings. The smallest absolute Gasteiger partial charge is 0.269 e. The van der Waals surface area contributed by atoms with Crippen LogP contribution in [-0.2, 0) is 11.2 Å². The molecule has 0 saturated carbocycles. The van der Waals surface area contributed by atoms with Crippen molar-refractivity contribution >= 4 is 29.3 Å². The van der Waals surface area contributed by atoms with Gasteiger partial charge in [-0.1, -0.05) is 36.4 Å². The Bertz CT molecular complexity index is 2400. The van der Waals surface area contributed by atoms with Crippen molar-refractivity contribution in [3.8, 4) is 12.1 Å². The molecular weight excluding hydrogens is 753 g/mol. The Labute approximate surface area is 350 Å². The highest BCUT2D eigenvalue weighted by Crippen LogP contribution is 2.30. The maximum atomic E-state index is 13.2. The number of carbonyl (C=O) groups is 4. The van der Waals surface area contributed by atoms with E-state index in [9.17, 15) is 19.2 Å². The molecule has 12 heteroatoms. The first-order chi connectivity index (χ1) is 29.0. The number of aryl methyl sites for hydroxylation is 2. The molecule has 0 spiro atoms. The number of piperidine rings is 2. The number of pyridine rings is 1. The predicted octanol–water partition coefficient (Wildman–Crippen LogP) is 6.75. The number of nitrogens with zero attached hydrogens (tertiary/aromatic N) is 5. The van der Waals surface area contributed by atoms with E-state index in [-0.39, 0.29) is 24.1 Å². The van der Waals surface area contributed by atoms with Crippen molar-refractivity contribution < 1.29 is 19.2 Å². The summed E-state index contributed by atoms with van der Waals surface area (Å²) < 4.78 is 0. The molecule has 0 bridgehead atoms. The number of hydrogen-bond acceptors (Lipinski definition) is 8. The van der Waals surface area contributed by atoms with Crippen LogP contribution >= 0.6 is 0 Å². The van der Waals surface area contributed by atoms with Crippen LogP contribution in [0.15, 0.2) is 109 Å². The summed E-state index contributed by atoms with van der Waals surface area (Å²) in [5.41, 5.74) is 19.4. The van der Waals surface area contributed by atoms with E-state index >= 15 is 0 Å². The molecule has 7 rings (SSSR count). The van der Waals surface area contributed by atoms with Crippen LogP contribution in [-0.4, -0.2) is 64.6 Å². The Morgan fingerprint density at radius 2 is 1.10 bits per heavy atom. The van der Waals surface area contributed by atoms with Crippen LogP contribution in [0.4, 0.5) is 5.69 Å². The normalized spacial score (nSPS) is 14.1. The Kier molecular flexibility index (Phi) is 14.0. The molecule has 4 amide bonds. The molecule has 0 aliphatic carbocycles. The van der Waals surface area contributed by atoms with Crippen molar-refractivity contribution in [3.05, 3.63) is 165 Å². The van der Waals surface area contributed by atoms with Crippen LogP contribution in [0, 0.1) is 36.5 Å². The standard InChI is InChI=1S/C28H27N5O3.C20H21N3O/c1-19-2-5-24(16-25(19)17-26(34)31-32-27(35)23-8-12-30-13-9-23)28(36)33-14-10-22(11-15-33)21-6-3-20(18-29)4-7-21;1-14-2-5-18(12-19(14)22)20(24)23-10-8-17(9-11-23)16-6-3-15(13-21)4-7-16/h2-9,12-13,16,22H,10-11,14-15,17H2,1H3,(H,31,34)(H,32,35);2-7,12,17H,8-11,22H2,1H3. The van der Waals surface area contributed by atoms with Crippen molar-refractivity contribution in [2.75, 3.05) is 31.9 Å². The second-order valence-corrected chi connectivity index (χ2v) is 15.2. The van der Waals surface area contributed by atoms with E-state index in [2.05, 4.69) is 28.0 Å². The summed E-state index contributed by atoms with van der Waals surface area (Å²) >= 11 is 0. The van der Waals surface area contributed by atoms with Crippen LogP contribution in [0.5, 0.6) is 0 Å². The summed E-state index contributed by atoms with van der Waals surface area (Å²) in [6.45, 7) is 6.61. The van der Waals surface area contributed by atoms with Crippen LogP contribution in [0.2, 0.25) is 0 Å². The number of nitrogens with one attached hydrogen (secondary N) is 2. The van der Waals surface area contributed by atoms with Gasteiger partial charge >= 0.3 is 0 Å². The van der Waals surface area contributed by atoms with E-state index in [1.165, 1.54) is 23.5 Å². The molecule has 3 heterocycles. The Morgan fingerprint density at radius 3 is 1.57 bits per heavy atom. The molecule has 2 fully saturated rings. The average molecular weight is 801 g/mol. The Balaban J connectivity index is 0.000000218. The fraction of sp³-hybridized carbons (Fsp3) is 0.271. The summed E-state index contributed by atoms with van der Waals surface area (Å²) in [5.74, 6) is -0.00337. The number of hydrogen-bond donors (Lipinski definition) is 3. The molecule has 4 aromatic carbocycles. The lowest BCUT2D eigenvalue weighted by molar-refractivity contribution is -0.121. The minimum absolute atomic E-state index is 0.0321. The molecule has 2 aliphatic heterocycles. The summed E-state index contributed by atoms with van der Waals surface area (Å²) in [5, 5.41) is 17.9. The summed E-state index contributed by atoms with van der Waals surface area (Å²) in [6, 6.07) is 33.7. The quantitative estimate of drug-likeness (QED) is 0.119. The number of likely N-dealkylation sites (tertiary alicyclic amines) is 2. The highest BCUT2D eigenvalue weighted by molar-refractivity contribution is 5.97. The molecule has 12 nitrogen and oxygen atoms in total. The van der Waals surface area contributed by atoms with Gasteiger partial charge in [-0.05, 0) is 140 Å². The Hall–Kier alpha value is -7.31. The van der Waals surface area contributed by atoms with E-state index in [0.717, 1.165) is 55.5 Å². The number of carbonyl (C=O) groups excluding carboxylic acids is 4. The van der Waals surface area contributed by atoms with Gasteiger partial charge in [0.2, 0.25) is 5.91 Å². The number of hydrazine groups is 1. The molecule has 2 saturated heterocycles. The summed E-state index contributed by atoms with van der Waals surface area (Å²) in [6.07, 6.45) is 6.63. The van der Waals surface area contributed by atoms with Crippen molar-refractivity contribution in [2.45, 2.75) is 57.8 Å². The SMILES string of the molecule is Cc1ccc(C(=O)N2CCC(c3ccc(C#N)cc3)CC2)cc1CC(=O)NNC(=O)c1ccncc1.Cc1ccc(C(=O)N2CCC(c3ccc(C#N)cc3)CC2)cc1N. The predicted molar refractivity (Wildman–Crippen MR) is 228 cm³/mol. The third kappa shape index (κ3) is 10.8. The van der Waals surface area contributed by atoms with Gasteiger partial charge in [-0.15, -0.1) is 0 Å². The molecule has 0 atom stereocenters. The first kappa shape index (κ1) is 42.3. The molecule has 60 heavy (non-hydrogen) atoms. The lowest BCUT2D eigenvalue weighted by atomic mass is 9.88. The number of nitriles is 2. The summed E-state index contributed by atoms with van der Waals surface area (Å²) in [7, 11) is 0. The second kappa shape index (κ2) is 19.9. The van der Waals surface area contributed by atoms with Gasteiger partial charge in [-0.25, -0.2) is 0 Å². The van der Waals surface area contributed by atoms with Gasteiger partial charge in [0.1, 0.15) is 0 Å². The van der Waals surface area contributed by atoms with Crippen LogP contribution in [0.3, 0.4) is 0 Å². The largest absolute Gasteiger partial charge is 0.398 e. The molecular formula is C48H48N8O4. The first-order valence-corrected chi connectivity index (χ1v) is 20.1. The fourth-order valence-corrected chi connectivity index (χ4v) is 7.54. The highest BCUT2D eigenvalue weighted by Gasteiger charge is 2.26. The van der Waals surface area contributed by atoms with Gasteiger partial charge in [0, 0.05) is 61.0 Å². The number of amides is 4. The van der Waals surface area contributed by atoms with Crippen LogP contribution in [0.1, 0.15) is 108 Å². The number of nitrogen functional groups attached to an aromatic ring is 1. The zero-order valence-corrected chi connectivity index (χ0v) is 33.9. The van der Waals surface area contributed by atoms with Gasteiger partial charge in [0.15, 0.2) is 0 Å². The van der Waals surface area contributed by atoms with E-state index in [1.807, 2.05) is 90.4 Å². The zero-order chi connectivity index (χ0) is 42.6. The van der Waals surface area contributed by atoms with E-state index in [1.54, 1.807) is 30.3 Å². The third-order valence-corrected chi connectivity index (χ3v) is 11.3. The van der Waals surface area contributed by atoms with E-state index in [4.69, 9.17) is 16.3 Å². The molecule has 304 valence electrons. The van der Waals surface area contributed by atoms with E-state index in [0.29, 0.717) is 58.4 Å². The van der Waals surface area contributed by atoms with E-state index < -0.39 is 5.91 Å². The molecule has 5 aromatic rings. The lowest BCUT2D eigenvalue weighted by Gasteiger charge is -2.32. The number of nitrogens with two attached hydrogens (primary N) is 1. The fourth-order valence-electron chi connectivity index (χ4n) is 7.54. The Morgan fingerprint density at radius 1 is 0.633 bits per heavy atom. The van der Waals surface area contributed by atoms with Gasteiger partial charge in [0.25, 0.3) is 17.7 Å². The van der Waals surface area contributed by atoms with Crippen molar-refractivity contribution in [1.29, 1.82) is 10.5 Å². The second-order valence-electron chi connectivity index (χ2n) is 15.2. The average Bonchev–Trinajstić information content (AvgIpc) is 3.30. The third-order valence-electron chi connectivity index (χ3n) is 11.3. The molecule has 0 radical (unpaired) electrons.